The molecule has 114 valence electrons. The Balaban J connectivity index is 2.01. The van der Waals surface area contributed by atoms with E-state index in [4.69, 9.17) is 0 Å². The van der Waals surface area contributed by atoms with E-state index < -0.39 is 11.5 Å². The van der Waals surface area contributed by atoms with E-state index >= 15 is 0 Å². The van der Waals surface area contributed by atoms with Gasteiger partial charge in [0.15, 0.2) is 0 Å². The van der Waals surface area contributed by atoms with Crippen molar-refractivity contribution < 1.29 is 14.7 Å². The van der Waals surface area contributed by atoms with Gasteiger partial charge in [-0.05, 0) is 38.8 Å². The lowest BCUT2D eigenvalue weighted by Gasteiger charge is -2.35. The summed E-state index contributed by atoms with van der Waals surface area (Å²) in [5.41, 5.74) is -0.971. The fourth-order valence-corrected chi connectivity index (χ4v) is 3.32. The molecule has 0 aliphatic carbocycles. The van der Waals surface area contributed by atoms with Crippen molar-refractivity contribution >= 4 is 11.9 Å². The largest absolute Gasteiger partial charge is 0.479 e. The summed E-state index contributed by atoms with van der Waals surface area (Å²) in [6.07, 6.45) is 2.88. The number of nitrogens with zero attached hydrogens (tertiary/aromatic N) is 2. The molecule has 2 heterocycles. The first-order valence-electron chi connectivity index (χ1n) is 7.57. The average molecular weight is 283 g/mol. The molecule has 20 heavy (non-hydrogen) atoms. The SMILES string of the molecule is CCC1(C(=O)O)CCCN1C(=O)CN1CCCNCC1. The van der Waals surface area contributed by atoms with Gasteiger partial charge in [0.25, 0.3) is 0 Å². The molecule has 2 N–H and O–H groups in total. The molecule has 0 bridgehead atoms. The molecule has 0 aromatic carbocycles. The van der Waals surface area contributed by atoms with Gasteiger partial charge in [0.05, 0.1) is 6.54 Å². The van der Waals surface area contributed by atoms with Gasteiger partial charge in [-0.25, -0.2) is 4.79 Å². The molecular weight excluding hydrogens is 258 g/mol. The lowest BCUT2D eigenvalue weighted by molar-refractivity contribution is -0.157. The molecule has 1 unspecified atom stereocenters. The average Bonchev–Trinajstić information content (AvgIpc) is 2.72. The predicted molar refractivity (Wildman–Crippen MR) is 75.5 cm³/mol. The van der Waals surface area contributed by atoms with Crippen molar-refractivity contribution in [2.45, 2.75) is 38.1 Å². The van der Waals surface area contributed by atoms with E-state index in [0.29, 0.717) is 25.9 Å². The molecule has 0 radical (unpaired) electrons. The maximum Gasteiger partial charge on any atom is 0.329 e. The van der Waals surface area contributed by atoms with Crippen LogP contribution in [0.4, 0.5) is 0 Å². The maximum atomic E-state index is 12.5. The molecule has 0 aromatic heterocycles. The van der Waals surface area contributed by atoms with Gasteiger partial charge in [-0.3, -0.25) is 9.69 Å². The minimum atomic E-state index is -0.971. The Morgan fingerprint density at radius 3 is 2.70 bits per heavy atom. The van der Waals surface area contributed by atoms with Crippen LogP contribution in [0.5, 0.6) is 0 Å². The highest BCUT2D eigenvalue weighted by atomic mass is 16.4. The van der Waals surface area contributed by atoms with Crippen LogP contribution in [0, 0.1) is 0 Å². The topological polar surface area (TPSA) is 72.9 Å². The lowest BCUT2D eigenvalue weighted by Crippen LogP contribution is -2.55. The Morgan fingerprint density at radius 2 is 2.00 bits per heavy atom. The standard InChI is InChI=1S/C14H25N3O3/c1-2-14(13(19)20)5-3-9-17(14)12(18)11-16-8-4-6-15-7-10-16/h15H,2-11H2,1H3,(H,19,20). The molecule has 2 aliphatic heterocycles. The van der Waals surface area contributed by atoms with Crippen LogP contribution in [0.25, 0.3) is 0 Å². The Hall–Kier alpha value is -1.14. The van der Waals surface area contributed by atoms with Crippen LogP contribution < -0.4 is 5.32 Å². The highest BCUT2D eigenvalue weighted by Crippen LogP contribution is 2.32. The smallest absolute Gasteiger partial charge is 0.329 e. The van der Waals surface area contributed by atoms with Crippen LogP contribution >= 0.6 is 0 Å². The number of hydrogen-bond donors (Lipinski definition) is 2. The number of aliphatic carboxylic acids is 1. The van der Waals surface area contributed by atoms with E-state index in [1.54, 1.807) is 4.90 Å². The third kappa shape index (κ3) is 2.96. The van der Waals surface area contributed by atoms with E-state index in [2.05, 4.69) is 10.2 Å². The number of nitrogens with one attached hydrogen (secondary N) is 1. The summed E-state index contributed by atoms with van der Waals surface area (Å²) in [7, 11) is 0. The number of carboxylic acid groups (broad SMARTS) is 1. The molecule has 0 aromatic rings. The van der Waals surface area contributed by atoms with Gasteiger partial charge >= 0.3 is 5.97 Å². The Morgan fingerprint density at radius 1 is 1.20 bits per heavy atom. The number of rotatable bonds is 4. The molecule has 2 fully saturated rings. The van der Waals surface area contributed by atoms with Crippen LogP contribution in [0.3, 0.4) is 0 Å². The summed E-state index contributed by atoms with van der Waals surface area (Å²) in [5.74, 6) is -0.892. The summed E-state index contributed by atoms with van der Waals surface area (Å²) in [6, 6.07) is 0. The summed E-state index contributed by atoms with van der Waals surface area (Å²) in [5, 5.41) is 12.8. The fraction of sp³-hybridized carbons (Fsp3) is 0.857. The van der Waals surface area contributed by atoms with Gasteiger partial charge in [0, 0.05) is 19.6 Å². The monoisotopic (exact) mass is 283 g/mol. The number of carboxylic acids is 1. The number of hydrogen-bond acceptors (Lipinski definition) is 4. The molecule has 1 amide bonds. The minimum Gasteiger partial charge on any atom is -0.479 e. The number of carbonyl (C=O) groups excluding carboxylic acids is 1. The molecule has 1 atom stereocenters. The second-order valence-electron chi connectivity index (χ2n) is 5.72. The van der Waals surface area contributed by atoms with Crippen molar-refractivity contribution in [3.63, 3.8) is 0 Å². The van der Waals surface area contributed by atoms with Crippen molar-refractivity contribution in [3.05, 3.63) is 0 Å². The van der Waals surface area contributed by atoms with Crippen LogP contribution in [-0.2, 0) is 9.59 Å². The van der Waals surface area contributed by atoms with E-state index in [-0.39, 0.29) is 5.91 Å². The van der Waals surface area contributed by atoms with Gasteiger partial charge in [0.2, 0.25) is 5.91 Å². The zero-order chi connectivity index (χ0) is 14.6. The van der Waals surface area contributed by atoms with Crippen molar-refractivity contribution in [1.29, 1.82) is 0 Å². The van der Waals surface area contributed by atoms with Gasteiger partial charge in [-0.15, -0.1) is 0 Å². The van der Waals surface area contributed by atoms with E-state index in [1.807, 2.05) is 6.92 Å². The second kappa shape index (κ2) is 6.54. The summed E-state index contributed by atoms with van der Waals surface area (Å²) in [4.78, 5) is 27.8. The van der Waals surface area contributed by atoms with Crippen molar-refractivity contribution in [1.82, 2.24) is 15.1 Å². The quantitative estimate of drug-likeness (QED) is 0.768. The van der Waals surface area contributed by atoms with Crippen LogP contribution in [0.15, 0.2) is 0 Å². The Labute approximate surface area is 120 Å². The van der Waals surface area contributed by atoms with Gasteiger partial charge in [-0.2, -0.15) is 0 Å². The maximum absolute atomic E-state index is 12.5. The van der Waals surface area contributed by atoms with Crippen LogP contribution in [0.2, 0.25) is 0 Å². The van der Waals surface area contributed by atoms with Crippen LogP contribution in [0.1, 0.15) is 32.6 Å². The van der Waals surface area contributed by atoms with Gasteiger partial charge in [-0.1, -0.05) is 6.92 Å². The third-order valence-electron chi connectivity index (χ3n) is 4.56. The Kier molecular flexibility index (Phi) is 4.99. The fourth-order valence-electron chi connectivity index (χ4n) is 3.32. The molecule has 2 saturated heterocycles. The molecule has 0 saturated carbocycles. The molecule has 6 heteroatoms. The van der Waals surface area contributed by atoms with Crippen molar-refractivity contribution in [3.8, 4) is 0 Å². The van der Waals surface area contributed by atoms with Gasteiger partial charge < -0.3 is 15.3 Å². The summed E-state index contributed by atoms with van der Waals surface area (Å²) < 4.78 is 0. The number of amides is 1. The van der Waals surface area contributed by atoms with E-state index in [0.717, 1.165) is 39.0 Å². The van der Waals surface area contributed by atoms with E-state index in [9.17, 15) is 14.7 Å². The minimum absolute atomic E-state index is 0.0337. The van der Waals surface area contributed by atoms with E-state index in [1.165, 1.54) is 0 Å². The Bertz CT molecular complexity index is 367. The molecule has 6 nitrogen and oxygen atoms in total. The first kappa shape index (κ1) is 15.3. The van der Waals surface area contributed by atoms with Crippen molar-refractivity contribution in [2.24, 2.45) is 0 Å². The van der Waals surface area contributed by atoms with Crippen molar-refractivity contribution in [2.75, 3.05) is 39.3 Å². The highest BCUT2D eigenvalue weighted by molar-refractivity contribution is 5.88. The summed E-state index contributed by atoms with van der Waals surface area (Å²) >= 11 is 0. The molecule has 2 aliphatic rings. The third-order valence-corrected chi connectivity index (χ3v) is 4.56. The predicted octanol–water partition coefficient (Wildman–Crippen LogP) is 0.138. The molecule has 0 spiro atoms. The second-order valence-corrected chi connectivity index (χ2v) is 5.72. The van der Waals surface area contributed by atoms with Crippen LogP contribution in [-0.4, -0.2) is 71.6 Å². The lowest BCUT2D eigenvalue weighted by atomic mass is 9.93. The molecular formula is C14H25N3O3. The van der Waals surface area contributed by atoms with Gasteiger partial charge in [0.1, 0.15) is 5.54 Å². The molecule has 2 rings (SSSR count). The first-order chi connectivity index (χ1) is 9.60. The zero-order valence-corrected chi connectivity index (χ0v) is 12.2. The highest BCUT2D eigenvalue weighted by Gasteiger charge is 2.48. The normalized spacial score (nSPS) is 28.4. The first-order valence-corrected chi connectivity index (χ1v) is 7.57. The number of likely N-dealkylation sites (tertiary alicyclic amines) is 1. The summed E-state index contributed by atoms with van der Waals surface area (Å²) in [6.45, 7) is 6.41. The number of carbonyl (C=O) groups is 2. The zero-order valence-electron chi connectivity index (χ0n) is 12.2.